The standard InChI is InChI=1S/C20H17N7O4S/c28-16-5-4-15(18(30)23-16)27-8-12-11(20(27)31)2-1-3-13(12)22-17(29)10-26-9-14(24-25-26)19-21-6-7-32-19/h1-3,6-7,9,15H,4-5,8,10H2,(H,22,29)(H,23,28,30). The van der Waals surface area contributed by atoms with E-state index in [1.807, 2.05) is 5.38 Å². The van der Waals surface area contributed by atoms with Gasteiger partial charge in [-0.1, -0.05) is 11.3 Å². The molecule has 1 unspecified atom stereocenters. The van der Waals surface area contributed by atoms with Gasteiger partial charge in [-0.3, -0.25) is 24.5 Å². The van der Waals surface area contributed by atoms with Crippen molar-refractivity contribution in [3.63, 3.8) is 0 Å². The van der Waals surface area contributed by atoms with Crippen LogP contribution in [0.4, 0.5) is 5.69 Å². The highest BCUT2D eigenvalue weighted by atomic mass is 32.1. The zero-order valence-electron chi connectivity index (χ0n) is 16.6. The van der Waals surface area contributed by atoms with Crippen LogP contribution in [0.2, 0.25) is 0 Å². The van der Waals surface area contributed by atoms with Gasteiger partial charge in [0.15, 0.2) is 0 Å². The number of piperidine rings is 1. The number of aromatic nitrogens is 4. The number of anilines is 1. The zero-order chi connectivity index (χ0) is 22.2. The molecule has 4 heterocycles. The molecule has 0 bridgehead atoms. The topological polar surface area (TPSA) is 139 Å². The molecule has 32 heavy (non-hydrogen) atoms. The fourth-order valence-electron chi connectivity index (χ4n) is 3.86. The summed E-state index contributed by atoms with van der Waals surface area (Å²) in [5.41, 5.74) is 2.15. The minimum Gasteiger partial charge on any atom is -0.324 e. The van der Waals surface area contributed by atoms with E-state index >= 15 is 0 Å². The van der Waals surface area contributed by atoms with E-state index in [2.05, 4.69) is 25.9 Å². The Balaban J connectivity index is 1.30. The maximum atomic E-state index is 12.9. The molecule has 0 aliphatic carbocycles. The third-order valence-corrected chi connectivity index (χ3v) is 6.15. The van der Waals surface area contributed by atoms with Crippen molar-refractivity contribution in [3.8, 4) is 10.7 Å². The molecule has 0 saturated carbocycles. The normalized spacial score (nSPS) is 17.9. The van der Waals surface area contributed by atoms with Crippen molar-refractivity contribution in [1.82, 2.24) is 30.2 Å². The Morgan fingerprint density at radius 1 is 1.28 bits per heavy atom. The molecule has 0 spiro atoms. The second-order valence-electron chi connectivity index (χ2n) is 7.42. The zero-order valence-corrected chi connectivity index (χ0v) is 17.5. The minimum atomic E-state index is -0.712. The first-order chi connectivity index (χ1) is 15.5. The van der Waals surface area contributed by atoms with Crippen molar-refractivity contribution < 1.29 is 19.2 Å². The van der Waals surface area contributed by atoms with Crippen LogP contribution < -0.4 is 10.6 Å². The van der Waals surface area contributed by atoms with Crippen molar-refractivity contribution in [2.45, 2.75) is 32.0 Å². The number of nitrogens with zero attached hydrogens (tertiary/aromatic N) is 5. The highest BCUT2D eigenvalue weighted by molar-refractivity contribution is 7.13. The maximum Gasteiger partial charge on any atom is 0.255 e. The number of carbonyl (C=O) groups excluding carboxylic acids is 4. The van der Waals surface area contributed by atoms with Crippen molar-refractivity contribution in [2.24, 2.45) is 0 Å². The molecule has 0 radical (unpaired) electrons. The van der Waals surface area contributed by atoms with Crippen LogP contribution in [0.3, 0.4) is 0 Å². The summed E-state index contributed by atoms with van der Waals surface area (Å²) in [5, 5.41) is 15.6. The average Bonchev–Trinajstić information content (AvgIpc) is 3.50. The van der Waals surface area contributed by atoms with Gasteiger partial charge in [-0.25, -0.2) is 9.67 Å². The monoisotopic (exact) mass is 451 g/mol. The largest absolute Gasteiger partial charge is 0.324 e. The Kier molecular flexibility index (Phi) is 4.98. The number of carbonyl (C=O) groups is 4. The van der Waals surface area contributed by atoms with Gasteiger partial charge in [-0.2, -0.15) is 0 Å². The molecule has 2 N–H and O–H groups in total. The Hall–Kier alpha value is -3.93. The first-order valence-corrected chi connectivity index (χ1v) is 10.7. The summed E-state index contributed by atoms with van der Waals surface area (Å²) in [5.74, 6) is -1.44. The number of rotatable bonds is 5. The van der Waals surface area contributed by atoms with Gasteiger partial charge in [-0.15, -0.1) is 16.4 Å². The van der Waals surface area contributed by atoms with Gasteiger partial charge in [0.05, 0.1) is 6.20 Å². The number of benzene rings is 1. The Morgan fingerprint density at radius 3 is 2.94 bits per heavy atom. The lowest BCUT2D eigenvalue weighted by molar-refractivity contribution is -0.137. The van der Waals surface area contributed by atoms with E-state index in [1.165, 1.54) is 20.9 Å². The van der Waals surface area contributed by atoms with Gasteiger partial charge in [0.25, 0.3) is 5.91 Å². The van der Waals surface area contributed by atoms with Gasteiger partial charge in [0, 0.05) is 41.4 Å². The Morgan fingerprint density at radius 2 is 2.16 bits per heavy atom. The first kappa shape index (κ1) is 20.0. The maximum absolute atomic E-state index is 12.9. The van der Waals surface area contributed by atoms with Crippen LogP contribution in [0.15, 0.2) is 36.0 Å². The average molecular weight is 451 g/mol. The summed E-state index contributed by atoms with van der Waals surface area (Å²) >= 11 is 1.43. The van der Waals surface area contributed by atoms with Crippen molar-refractivity contribution in [2.75, 3.05) is 5.32 Å². The van der Waals surface area contributed by atoms with Crippen LogP contribution in [0, 0.1) is 0 Å². The van der Waals surface area contributed by atoms with Crippen LogP contribution in [-0.4, -0.2) is 54.5 Å². The van der Waals surface area contributed by atoms with E-state index in [4.69, 9.17) is 0 Å². The summed E-state index contributed by atoms with van der Waals surface area (Å²) in [6, 6.07) is 4.34. The lowest BCUT2D eigenvalue weighted by Gasteiger charge is -2.29. The molecule has 1 saturated heterocycles. The van der Waals surface area contributed by atoms with Gasteiger partial charge in [0.1, 0.15) is 23.3 Å². The summed E-state index contributed by atoms with van der Waals surface area (Å²) < 4.78 is 1.41. The molecule has 2 aliphatic heterocycles. The highest BCUT2D eigenvalue weighted by Crippen LogP contribution is 2.32. The molecule has 12 heteroatoms. The lowest BCUT2D eigenvalue weighted by Crippen LogP contribution is -2.52. The molecule has 1 fully saturated rings. The predicted octanol–water partition coefficient (Wildman–Crippen LogP) is 0.801. The number of thiazole rings is 1. The molecule has 2 aromatic heterocycles. The van der Waals surface area contributed by atoms with Gasteiger partial charge in [0.2, 0.25) is 17.7 Å². The third kappa shape index (κ3) is 3.64. The van der Waals surface area contributed by atoms with Gasteiger partial charge < -0.3 is 10.2 Å². The molecule has 162 valence electrons. The molecule has 5 rings (SSSR count). The van der Waals surface area contributed by atoms with E-state index in [-0.39, 0.29) is 43.7 Å². The van der Waals surface area contributed by atoms with Crippen molar-refractivity contribution in [1.29, 1.82) is 0 Å². The number of hydrogen-bond donors (Lipinski definition) is 2. The molecular weight excluding hydrogens is 434 g/mol. The summed E-state index contributed by atoms with van der Waals surface area (Å²) in [7, 11) is 0. The molecule has 2 aliphatic rings. The van der Waals surface area contributed by atoms with E-state index in [0.29, 0.717) is 27.5 Å². The summed E-state index contributed by atoms with van der Waals surface area (Å²) in [4.78, 5) is 54.8. The molecular formula is C20H17N7O4S. The van der Waals surface area contributed by atoms with E-state index in [1.54, 1.807) is 30.6 Å². The number of hydrogen-bond acceptors (Lipinski definition) is 8. The summed E-state index contributed by atoms with van der Waals surface area (Å²) in [6.45, 7) is 0.112. The summed E-state index contributed by atoms with van der Waals surface area (Å²) in [6.07, 6.45) is 3.77. The number of amides is 4. The lowest BCUT2D eigenvalue weighted by atomic mass is 10.0. The fraction of sp³-hybridized carbons (Fsp3) is 0.250. The number of imide groups is 1. The number of nitrogens with one attached hydrogen (secondary N) is 2. The minimum absolute atomic E-state index is 0.0627. The van der Waals surface area contributed by atoms with Crippen LogP contribution in [-0.2, 0) is 27.5 Å². The van der Waals surface area contributed by atoms with Crippen LogP contribution in [0.5, 0.6) is 0 Å². The van der Waals surface area contributed by atoms with Gasteiger partial charge in [-0.05, 0) is 18.6 Å². The number of fused-ring (bicyclic) bond motifs is 1. The van der Waals surface area contributed by atoms with Crippen molar-refractivity contribution in [3.05, 3.63) is 47.1 Å². The Bertz CT molecular complexity index is 1240. The van der Waals surface area contributed by atoms with Crippen molar-refractivity contribution >= 4 is 40.7 Å². The molecule has 1 atom stereocenters. The van der Waals surface area contributed by atoms with E-state index in [9.17, 15) is 19.2 Å². The predicted molar refractivity (Wildman–Crippen MR) is 112 cm³/mol. The van der Waals surface area contributed by atoms with E-state index < -0.39 is 11.9 Å². The van der Waals surface area contributed by atoms with Crippen LogP contribution in [0.25, 0.3) is 10.7 Å². The quantitative estimate of drug-likeness (QED) is 0.547. The third-order valence-electron chi connectivity index (χ3n) is 5.35. The smallest absolute Gasteiger partial charge is 0.255 e. The second kappa shape index (κ2) is 7.96. The highest BCUT2D eigenvalue weighted by Gasteiger charge is 2.39. The van der Waals surface area contributed by atoms with Gasteiger partial charge >= 0.3 is 0 Å². The second-order valence-corrected chi connectivity index (χ2v) is 8.31. The molecule has 1 aromatic carbocycles. The molecule has 4 amide bonds. The molecule has 3 aromatic rings. The Labute approximate surface area is 185 Å². The fourth-order valence-corrected chi connectivity index (χ4v) is 4.45. The SMILES string of the molecule is O=C1CCC(N2Cc3c(NC(=O)Cn4cc(-c5nccs5)nn4)cccc3C2=O)C(=O)N1. The van der Waals surface area contributed by atoms with Crippen LogP contribution >= 0.6 is 11.3 Å². The van der Waals surface area contributed by atoms with Crippen LogP contribution in [0.1, 0.15) is 28.8 Å². The molecule has 11 nitrogen and oxygen atoms in total. The van der Waals surface area contributed by atoms with E-state index in [0.717, 1.165) is 0 Å². The first-order valence-electron chi connectivity index (χ1n) is 9.86.